The SMILES string of the molecule is [C-]#[N+]c1c(F)c(F)c2c(c1C#N)Sc1ccc(-c3ccc(N4c5ccccc5Oc5ccccc54)cc3)cc1S2. The fourth-order valence-corrected chi connectivity index (χ4v) is 7.28. The van der Waals surface area contributed by atoms with Crippen molar-refractivity contribution in [3.63, 3.8) is 0 Å². The molecule has 0 aliphatic carbocycles. The third-order valence-corrected chi connectivity index (χ3v) is 9.34. The number of para-hydroxylation sites is 4. The highest BCUT2D eigenvalue weighted by molar-refractivity contribution is 8.05. The van der Waals surface area contributed by atoms with Crippen molar-refractivity contribution in [3.05, 3.63) is 120 Å². The predicted octanol–water partition coefficient (Wildman–Crippen LogP) is 10.2. The maximum Gasteiger partial charge on any atom is 0.243 e. The average Bonchev–Trinajstić information content (AvgIpc) is 3.00. The molecule has 8 heteroatoms. The molecule has 0 unspecified atom stereocenters. The fraction of sp³-hybridized carbons (Fsp3) is 0. The third kappa shape index (κ3) is 3.73. The van der Waals surface area contributed by atoms with E-state index in [0.717, 1.165) is 61.2 Å². The molecule has 0 N–H and O–H groups in total. The van der Waals surface area contributed by atoms with E-state index in [0.29, 0.717) is 0 Å². The van der Waals surface area contributed by atoms with Crippen LogP contribution in [0.3, 0.4) is 0 Å². The van der Waals surface area contributed by atoms with Gasteiger partial charge in [0.25, 0.3) is 0 Å². The van der Waals surface area contributed by atoms with Crippen LogP contribution in [0.2, 0.25) is 0 Å². The minimum absolute atomic E-state index is 0.0381. The summed E-state index contributed by atoms with van der Waals surface area (Å²) in [6, 6.07) is 31.7. The molecule has 40 heavy (non-hydrogen) atoms. The molecule has 0 saturated heterocycles. The maximum absolute atomic E-state index is 14.9. The molecular formula is C32H15F2N3OS2. The number of benzene rings is 5. The maximum atomic E-state index is 14.9. The number of fused-ring (bicyclic) bond motifs is 4. The summed E-state index contributed by atoms with van der Waals surface area (Å²) in [6.07, 6.45) is 0. The first-order valence-corrected chi connectivity index (χ1v) is 13.8. The number of anilines is 3. The molecule has 0 bridgehead atoms. The van der Waals surface area contributed by atoms with E-state index in [2.05, 4.69) is 9.74 Å². The summed E-state index contributed by atoms with van der Waals surface area (Å²) in [5, 5.41) is 9.57. The number of rotatable bonds is 2. The van der Waals surface area contributed by atoms with Crippen molar-refractivity contribution in [2.75, 3.05) is 4.90 Å². The number of nitrogens with zero attached hydrogens (tertiary/aromatic N) is 3. The van der Waals surface area contributed by atoms with Gasteiger partial charge in [-0.2, -0.15) is 5.26 Å². The van der Waals surface area contributed by atoms with Crippen molar-refractivity contribution in [1.29, 1.82) is 5.26 Å². The number of hydrogen-bond donors (Lipinski definition) is 0. The molecule has 0 aromatic heterocycles. The van der Waals surface area contributed by atoms with E-state index in [1.165, 1.54) is 11.8 Å². The molecule has 4 nitrogen and oxygen atoms in total. The van der Waals surface area contributed by atoms with Gasteiger partial charge in [-0.05, 0) is 59.7 Å². The number of ether oxygens (including phenoxy) is 1. The molecule has 2 aliphatic rings. The Balaban J connectivity index is 1.24. The summed E-state index contributed by atoms with van der Waals surface area (Å²) in [4.78, 5) is 7.13. The zero-order valence-corrected chi connectivity index (χ0v) is 22.1. The summed E-state index contributed by atoms with van der Waals surface area (Å²) in [6.45, 7) is 7.21. The van der Waals surface area contributed by atoms with Gasteiger partial charge in [-0.15, -0.1) is 0 Å². The first kappa shape index (κ1) is 24.3. The van der Waals surface area contributed by atoms with Gasteiger partial charge in [0.05, 0.1) is 34.5 Å². The molecule has 0 atom stereocenters. The van der Waals surface area contributed by atoms with Crippen molar-refractivity contribution in [1.82, 2.24) is 0 Å². The highest BCUT2D eigenvalue weighted by atomic mass is 32.2. The number of halogens is 2. The summed E-state index contributed by atoms with van der Waals surface area (Å²) in [7, 11) is 0. The van der Waals surface area contributed by atoms with Crippen LogP contribution in [0.25, 0.3) is 16.0 Å². The van der Waals surface area contributed by atoms with E-state index in [4.69, 9.17) is 11.3 Å². The van der Waals surface area contributed by atoms with E-state index in [9.17, 15) is 14.0 Å². The van der Waals surface area contributed by atoms with E-state index < -0.39 is 17.3 Å². The van der Waals surface area contributed by atoms with Crippen LogP contribution in [-0.2, 0) is 0 Å². The van der Waals surface area contributed by atoms with Crippen LogP contribution in [0.1, 0.15) is 5.56 Å². The summed E-state index contributed by atoms with van der Waals surface area (Å²) < 4.78 is 35.6. The second-order valence-electron chi connectivity index (χ2n) is 9.02. The topological polar surface area (TPSA) is 40.6 Å². The second-order valence-corrected chi connectivity index (χ2v) is 11.1. The Morgan fingerprint density at radius 3 is 2.02 bits per heavy atom. The van der Waals surface area contributed by atoms with Crippen LogP contribution in [0.15, 0.2) is 111 Å². The van der Waals surface area contributed by atoms with Crippen molar-refractivity contribution < 1.29 is 13.5 Å². The monoisotopic (exact) mass is 559 g/mol. The predicted molar refractivity (Wildman–Crippen MR) is 152 cm³/mol. The normalized spacial score (nSPS) is 12.7. The Labute approximate surface area is 237 Å². The van der Waals surface area contributed by atoms with Crippen molar-refractivity contribution in [3.8, 4) is 28.7 Å². The van der Waals surface area contributed by atoms with Crippen LogP contribution >= 0.6 is 23.5 Å². The van der Waals surface area contributed by atoms with Gasteiger partial charge in [-0.25, -0.2) is 13.6 Å². The first-order valence-electron chi connectivity index (χ1n) is 12.2. The Kier molecular flexibility index (Phi) is 5.74. The van der Waals surface area contributed by atoms with Crippen molar-refractivity contribution in [2.45, 2.75) is 19.6 Å². The smallest absolute Gasteiger partial charge is 0.243 e. The van der Waals surface area contributed by atoms with Gasteiger partial charge >= 0.3 is 0 Å². The van der Waals surface area contributed by atoms with E-state index in [1.807, 2.05) is 97.1 Å². The summed E-state index contributed by atoms with van der Waals surface area (Å²) >= 11 is 2.27. The lowest BCUT2D eigenvalue weighted by molar-refractivity contribution is 0.477. The van der Waals surface area contributed by atoms with Crippen LogP contribution in [-0.4, -0.2) is 0 Å². The van der Waals surface area contributed by atoms with Gasteiger partial charge < -0.3 is 9.64 Å². The van der Waals surface area contributed by atoms with Crippen LogP contribution in [0.4, 0.5) is 31.5 Å². The minimum Gasteiger partial charge on any atom is -0.453 e. The van der Waals surface area contributed by atoms with E-state index in [1.54, 1.807) is 0 Å². The lowest BCUT2D eigenvalue weighted by Gasteiger charge is -2.32. The molecule has 0 radical (unpaired) electrons. The highest BCUT2D eigenvalue weighted by Gasteiger charge is 2.30. The largest absolute Gasteiger partial charge is 0.453 e. The molecule has 5 aromatic rings. The molecule has 7 rings (SSSR count). The standard InChI is InChI=1S/C32H15F2N3OS2/c1-36-30-21(17-35)31-32(29(34)28(30)33)40-27-16-19(12-15-26(27)39-31)18-10-13-20(14-11-18)37-22-6-2-4-8-24(22)38-25-9-5-3-7-23(25)37/h2-16H. The average molecular weight is 560 g/mol. The van der Waals surface area contributed by atoms with Crippen LogP contribution in [0, 0.1) is 29.5 Å². The van der Waals surface area contributed by atoms with Gasteiger partial charge in [0.15, 0.2) is 23.1 Å². The molecule has 0 fully saturated rings. The van der Waals surface area contributed by atoms with Crippen molar-refractivity contribution in [2.24, 2.45) is 0 Å². The zero-order valence-electron chi connectivity index (χ0n) is 20.5. The Morgan fingerprint density at radius 2 is 1.38 bits per heavy atom. The third-order valence-electron chi connectivity index (χ3n) is 6.75. The summed E-state index contributed by atoms with van der Waals surface area (Å²) in [5.41, 5.74) is 4.05. The highest BCUT2D eigenvalue weighted by Crippen LogP contribution is 2.54. The molecule has 190 valence electrons. The van der Waals surface area contributed by atoms with Gasteiger partial charge in [-0.1, -0.05) is 66.0 Å². The Bertz CT molecular complexity index is 1900. The van der Waals surface area contributed by atoms with Gasteiger partial charge in [0.1, 0.15) is 0 Å². The zero-order chi connectivity index (χ0) is 27.4. The van der Waals surface area contributed by atoms with Gasteiger partial charge in [0.2, 0.25) is 5.69 Å². The lowest BCUT2D eigenvalue weighted by atomic mass is 10.0. The van der Waals surface area contributed by atoms with Gasteiger partial charge in [-0.3, -0.25) is 0 Å². The molecular weight excluding hydrogens is 545 g/mol. The van der Waals surface area contributed by atoms with Crippen molar-refractivity contribution >= 4 is 46.3 Å². The Morgan fingerprint density at radius 1 is 0.750 bits per heavy atom. The first-order chi connectivity index (χ1) is 19.6. The number of hydrogen-bond acceptors (Lipinski definition) is 5. The molecule has 2 aliphatic heterocycles. The van der Waals surface area contributed by atoms with Gasteiger partial charge in [0, 0.05) is 20.4 Å². The number of nitriles is 1. The van der Waals surface area contributed by atoms with Crippen LogP contribution < -0.4 is 9.64 Å². The molecule has 5 aromatic carbocycles. The molecule has 0 spiro atoms. The van der Waals surface area contributed by atoms with E-state index >= 15 is 0 Å². The van der Waals surface area contributed by atoms with Crippen LogP contribution in [0.5, 0.6) is 11.5 Å². The Hall–Kier alpha value is -4.76. The summed E-state index contributed by atoms with van der Waals surface area (Å²) in [5.74, 6) is -0.813. The quantitative estimate of drug-likeness (QED) is 0.197. The molecule has 0 saturated carbocycles. The molecule has 0 amide bonds. The minimum atomic E-state index is -1.28. The second kappa shape index (κ2) is 9.46. The lowest BCUT2D eigenvalue weighted by Crippen LogP contribution is -2.15. The fourth-order valence-electron chi connectivity index (χ4n) is 4.89. The molecule has 2 heterocycles. The van der Waals surface area contributed by atoms with E-state index in [-0.39, 0.29) is 15.4 Å².